The average Bonchev–Trinajstić information content (AvgIpc) is 2.91. The Balaban J connectivity index is 1.54. The van der Waals surface area contributed by atoms with Gasteiger partial charge in [0.1, 0.15) is 11.9 Å². The second-order valence-electron chi connectivity index (χ2n) is 8.74. The lowest BCUT2D eigenvalue weighted by molar-refractivity contribution is -0.122. The van der Waals surface area contributed by atoms with E-state index in [2.05, 4.69) is 46.2 Å². The van der Waals surface area contributed by atoms with Crippen molar-refractivity contribution in [2.24, 2.45) is 0 Å². The molecule has 0 spiro atoms. The number of rotatable bonds is 5. The lowest BCUT2D eigenvalue weighted by Crippen LogP contribution is -2.44. The first-order valence-electron chi connectivity index (χ1n) is 10.4. The van der Waals surface area contributed by atoms with Gasteiger partial charge in [-0.1, -0.05) is 39.3 Å². The van der Waals surface area contributed by atoms with Crippen LogP contribution in [0.5, 0.6) is 0 Å². The largest absolute Gasteiger partial charge is 0.347 e. The Morgan fingerprint density at radius 3 is 2.52 bits per heavy atom. The van der Waals surface area contributed by atoms with Gasteiger partial charge in [0.2, 0.25) is 5.91 Å². The molecule has 1 aliphatic rings. The topological polar surface area (TPSA) is 88.9 Å². The molecule has 0 saturated carbocycles. The minimum atomic E-state index is -0.642. The van der Waals surface area contributed by atoms with E-state index in [1.54, 1.807) is 19.1 Å². The predicted octanol–water partition coefficient (Wildman–Crippen LogP) is 2.74. The van der Waals surface area contributed by atoms with Gasteiger partial charge in [-0.2, -0.15) is 0 Å². The van der Waals surface area contributed by atoms with Gasteiger partial charge in [0.05, 0.1) is 6.54 Å². The minimum absolute atomic E-state index is 0.0299. The van der Waals surface area contributed by atoms with Crippen molar-refractivity contribution in [2.45, 2.75) is 77.9 Å². The molecule has 2 aromatic rings. The summed E-state index contributed by atoms with van der Waals surface area (Å²) in [5.74, 6) is 1.26. The summed E-state index contributed by atoms with van der Waals surface area (Å²) < 4.78 is 2.10. The highest BCUT2D eigenvalue weighted by Crippen LogP contribution is 2.22. The van der Waals surface area contributed by atoms with Gasteiger partial charge in [-0.25, -0.2) is 0 Å². The van der Waals surface area contributed by atoms with Gasteiger partial charge < -0.3 is 15.2 Å². The zero-order chi connectivity index (χ0) is 21.0. The molecule has 7 heteroatoms. The molecule has 2 amide bonds. The number of benzene rings is 1. The highest BCUT2D eigenvalue weighted by molar-refractivity contribution is 5.97. The first-order valence-corrected chi connectivity index (χ1v) is 10.4. The molecule has 1 aromatic carbocycles. The quantitative estimate of drug-likeness (QED) is 0.812. The van der Waals surface area contributed by atoms with E-state index < -0.39 is 6.04 Å². The van der Waals surface area contributed by atoms with Crippen LogP contribution in [0.4, 0.5) is 0 Å². The van der Waals surface area contributed by atoms with E-state index in [0.717, 1.165) is 43.0 Å². The van der Waals surface area contributed by atoms with Gasteiger partial charge in [0, 0.05) is 18.5 Å². The molecule has 0 bridgehead atoms. The monoisotopic (exact) mass is 397 g/mol. The van der Waals surface area contributed by atoms with Crippen molar-refractivity contribution in [3.8, 4) is 0 Å². The molecule has 3 rings (SSSR count). The maximum atomic E-state index is 12.5. The second kappa shape index (κ2) is 8.76. The van der Waals surface area contributed by atoms with Crippen molar-refractivity contribution in [1.29, 1.82) is 0 Å². The Bertz CT molecular complexity index is 864. The fraction of sp³-hybridized carbons (Fsp3) is 0.545. The molecule has 1 unspecified atom stereocenters. The van der Waals surface area contributed by atoms with Crippen molar-refractivity contribution in [2.75, 3.05) is 0 Å². The minimum Gasteiger partial charge on any atom is -0.347 e. The van der Waals surface area contributed by atoms with Crippen molar-refractivity contribution in [3.63, 3.8) is 0 Å². The number of carbonyl (C=O) groups is 2. The summed E-state index contributed by atoms with van der Waals surface area (Å²) in [6, 6.07) is 6.86. The third kappa shape index (κ3) is 5.22. The summed E-state index contributed by atoms with van der Waals surface area (Å²) in [5, 5.41) is 14.1. The van der Waals surface area contributed by atoms with Crippen LogP contribution < -0.4 is 10.6 Å². The standard InChI is InChI=1S/C22H31N5O2/c1-15(24-21(29)16-9-11-17(12-10-16)22(2,3)4)20(28)23-14-19-26-25-18-8-6-5-7-13-27(18)19/h9-12,15H,5-8,13-14H2,1-4H3,(H,23,28)(H,24,29). The van der Waals surface area contributed by atoms with Crippen LogP contribution in [-0.2, 0) is 29.7 Å². The van der Waals surface area contributed by atoms with E-state index in [1.807, 2.05) is 12.1 Å². The zero-order valence-corrected chi connectivity index (χ0v) is 17.8. The number of nitrogens with one attached hydrogen (secondary N) is 2. The molecule has 0 aliphatic carbocycles. The maximum absolute atomic E-state index is 12.5. The van der Waals surface area contributed by atoms with Crippen LogP contribution in [0.15, 0.2) is 24.3 Å². The molecule has 1 atom stereocenters. The lowest BCUT2D eigenvalue weighted by atomic mass is 9.86. The summed E-state index contributed by atoms with van der Waals surface area (Å²) in [4.78, 5) is 24.9. The van der Waals surface area contributed by atoms with Crippen molar-refractivity contribution in [3.05, 3.63) is 47.0 Å². The van der Waals surface area contributed by atoms with Crippen LogP contribution in [0.1, 0.15) is 74.5 Å². The second-order valence-corrected chi connectivity index (χ2v) is 8.74. The molecule has 0 fully saturated rings. The number of hydrogen-bond acceptors (Lipinski definition) is 4. The Kier molecular flexibility index (Phi) is 6.35. The summed E-state index contributed by atoms with van der Waals surface area (Å²) in [5.41, 5.74) is 1.73. The smallest absolute Gasteiger partial charge is 0.251 e. The molecule has 29 heavy (non-hydrogen) atoms. The molecular formula is C22H31N5O2. The number of nitrogens with zero attached hydrogens (tertiary/aromatic N) is 3. The lowest BCUT2D eigenvalue weighted by Gasteiger charge is -2.19. The van der Waals surface area contributed by atoms with E-state index in [4.69, 9.17) is 0 Å². The average molecular weight is 398 g/mol. The molecule has 7 nitrogen and oxygen atoms in total. The number of fused-ring (bicyclic) bond motifs is 1. The number of hydrogen-bond donors (Lipinski definition) is 2. The van der Waals surface area contributed by atoms with Crippen LogP contribution in [-0.4, -0.2) is 32.6 Å². The fourth-order valence-electron chi connectivity index (χ4n) is 3.46. The molecule has 0 radical (unpaired) electrons. The molecule has 2 heterocycles. The van der Waals surface area contributed by atoms with Gasteiger partial charge in [-0.3, -0.25) is 9.59 Å². The first-order chi connectivity index (χ1) is 13.8. The van der Waals surface area contributed by atoms with Gasteiger partial charge in [-0.05, 0) is 42.9 Å². The van der Waals surface area contributed by atoms with E-state index in [0.29, 0.717) is 12.1 Å². The van der Waals surface area contributed by atoms with Gasteiger partial charge in [0.25, 0.3) is 5.91 Å². The molecule has 156 valence electrons. The van der Waals surface area contributed by atoms with Crippen molar-refractivity contribution < 1.29 is 9.59 Å². The van der Waals surface area contributed by atoms with Crippen LogP contribution in [0.3, 0.4) is 0 Å². The van der Waals surface area contributed by atoms with Gasteiger partial charge in [0.15, 0.2) is 5.82 Å². The van der Waals surface area contributed by atoms with E-state index in [9.17, 15) is 9.59 Å². The Morgan fingerprint density at radius 2 is 1.83 bits per heavy atom. The van der Waals surface area contributed by atoms with Crippen molar-refractivity contribution in [1.82, 2.24) is 25.4 Å². The summed E-state index contributed by atoms with van der Waals surface area (Å²) >= 11 is 0. The maximum Gasteiger partial charge on any atom is 0.251 e. The summed E-state index contributed by atoms with van der Waals surface area (Å²) in [6.07, 6.45) is 4.35. The van der Waals surface area contributed by atoms with E-state index >= 15 is 0 Å². The third-order valence-corrected chi connectivity index (χ3v) is 5.36. The highest BCUT2D eigenvalue weighted by Gasteiger charge is 2.20. The van der Waals surface area contributed by atoms with Crippen LogP contribution in [0.2, 0.25) is 0 Å². The third-order valence-electron chi connectivity index (χ3n) is 5.36. The Morgan fingerprint density at radius 1 is 1.10 bits per heavy atom. The van der Waals surface area contributed by atoms with Crippen LogP contribution in [0.25, 0.3) is 0 Å². The SMILES string of the molecule is CC(NC(=O)c1ccc(C(C)(C)C)cc1)C(=O)NCc1nnc2n1CCCCC2. The van der Waals surface area contributed by atoms with Crippen molar-refractivity contribution >= 4 is 11.8 Å². The van der Waals surface area contributed by atoms with Crippen LogP contribution >= 0.6 is 0 Å². The highest BCUT2D eigenvalue weighted by atomic mass is 16.2. The Hall–Kier alpha value is -2.70. The van der Waals surface area contributed by atoms with Crippen LogP contribution in [0, 0.1) is 0 Å². The molecular weight excluding hydrogens is 366 g/mol. The Labute approximate surface area is 172 Å². The summed E-state index contributed by atoms with van der Waals surface area (Å²) in [7, 11) is 0. The molecule has 1 aliphatic heterocycles. The van der Waals surface area contributed by atoms with E-state index in [1.165, 1.54) is 6.42 Å². The zero-order valence-electron chi connectivity index (χ0n) is 17.8. The molecule has 2 N–H and O–H groups in total. The predicted molar refractivity (Wildman–Crippen MR) is 111 cm³/mol. The molecule has 0 saturated heterocycles. The normalized spacial score (nSPS) is 15.2. The number of aryl methyl sites for hydroxylation is 1. The van der Waals surface area contributed by atoms with Gasteiger partial charge in [-0.15, -0.1) is 10.2 Å². The number of aromatic nitrogens is 3. The van der Waals surface area contributed by atoms with E-state index in [-0.39, 0.29) is 17.2 Å². The molecule has 1 aromatic heterocycles. The first kappa shape index (κ1) is 21.0. The number of amides is 2. The number of carbonyl (C=O) groups excluding carboxylic acids is 2. The van der Waals surface area contributed by atoms with Gasteiger partial charge >= 0.3 is 0 Å². The fourth-order valence-corrected chi connectivity index (χ4v) is 3.46. The summed E-state index contributed by atoms with van der Waals surface area (Å²) in [6.45, 7) is 9.27.